The number of allylic oxidation sites excluding steroid dienone is 1. The molecule has 0 fully saturated rings. The molecule has 0 spiro atoms. The molecule has 0 saturated heterocycles. The van der Waals surface area contributed by atoms with Gasteiger partial charge in [0.05, 0.1) is 6.33 Å². The lowest BCUT2D eigenvalue weighted by Gasteiger charge is -2.17. The Morgan fingerprint density at radius 1 is 1.41 bits per heavy atom. The Bertz CT molecular complexity index is 477. The molecule has 1 heterocycles. The molecule has 0 N–H and O–H groups in total. The summed E-state index contributed by atoms with van der Waals surface area (Å²) < 4.78 is 2.07. The summed E-state index contributed by atoms with van der Waals surface area (Å²) in [6, 6.07) is 7.98. The average Bonchev–Trinajstić information content (AvgIpc) is 2.82. The van der Waals surface area contributed by atoms with Gasteiger partial charge in [-0.2, -0.15) is 0 Å². The summed E-state index contributed by atoms with van der Waals surface area (Å²) in [4.78, 5) is 4.06. The van der Waals surface area contributed by atoms with E-state index >= 15 is 0 Å². The van der Waals surface area contributed by atoms with Crippen LogP contribution in [0.3, 0.4) is 0 Å². The van der Waals surface area contributed by atoms with E-state index in [0.717, 1.165) is 18.0 Å². The summed E-state index contributed by atoms with van der Waals surface area (Å²) in [5, 5.41) is 0.819. The molecule has 0 aliphatic rings. The van der Waals surface area contributed by atoms with E-state index in [1.54, 1.807) is 6.20 Å². The van der Waals surface area contributed by atoms with E-state index < -0.39 is 0 Å². The highest BCUT2D eigenvalue weighted by atomic mass is 35.5. The number of hydrogen-bond donors (Lipinski definition) is 0. The third-order valence-corrected chi connectivity index (χ3v) is 3.13. The Kier molecular flexibility index (Phi) is 3.99. The molecule has 2 nitrogen and oxygen atoms in total. The lowest BCUT2D eigenvalue weighted by Crippen LogP contribution is -2.07. The molecule has 0 aliphatic heterocycles. The van der Waals surface area contributed by atoms with Crippen LogP contribution in [0.5, 0.6) is 0 Å². The van der Waals surface area contributed by atoms with Crippen molar-refractivity contribution in [2.75, 3.05) is 0 Å². The topological polar surface area (TPSA) is 17.8 Å². The third-order valence-electron chi connectivity index (χ3n) is 2.79. The zero-order valence-corrected chi connectivity index (χ0v) is 10.3. The van der Waals surface area contributed by atoms with E-state index in [4.69, 9.17) is 11.6 Å². The second-order valence-corrected chi connectivity index (χ2v) is 4.41. The molecule has 1 aromatic carbocycles. The Morgan fingerprint density at radius 3 is 2.88 bits per heavy atom. The Morgan fingerprint density at radius 2 is 2.24 bits per heavy atom. The molecule has 2 rings (SSSR count). The van der Waals surface area contributed by atoms with E-state index in [1.165, 1.54) is 5.56 Å². The molecule has 0 amide bonds. The highest BCUT2D eigenvalue weighted by Gasteiger charge is 2.13. The third kappa shape index (κ3) is 2.98. The fraction of sp³-hybridized carbons (Fsp3) is 0.214. The summed E-state index contributed by atoms with van der Waals surface area (Å²) in [5.41, 5.74) is 1.17. The van der Waals surface area contributed by atoms with Crippen molar-refractivity contribution in [2.24, 2.45) is 0 Å². The molecule has 0 bridgehead atoms. The second-order valence-electron chi connectivity index (χ2n) is 4.00. The van der Waals surface area contributed by atoms with Gasteiger partial charge in [0.25, 0.3) is 0 Å². The maximum Gasteiger partial charge on any atom is 0.0946 e. The normalized spacial score (nSPS) is 12.3. The van der Waals surface area contributed by atoms with Crippen molar-refractivity contribution in [3.63, 3.8) is 0 Å². The maximum atomic E-state index is 6.24. The first-order valence-electron chi connectivity index (χ1n) is 5.62. The van der Waals surface area contributed by atoms with E-state index in [9.17, 15) is 0 Å². The van der Waals surface area contributed by atoms with Gasteiger partial charge < -0.3 is 4.57 Å². The lowest BCUT2D eigenvalue weighted by atomic mass is 9.95. The Labute approximate surface area is 107 Å². The lowest BCUT2D eigenvalue weighted by molar-refractivity contribution is 0.564. The van der Waals surface area contributed by atoms with Crippen LogP contribution in [0.4, 0.5) is 0 Å². The highest BCUT2D eigenvalue weighted by Crippen LogP contribution is 2.28. The predicted molar refractivity (Wildman–Crippen MR) is 71.2 cm³/mol. The quantitative estimate of drug-likeness (QED) is 0.732. The van der Waals surface area contributed by atoms with Crippen molar-refractivity contribution in [1.29, 1.82) is 0 Å². The molecule has 88 valence electrons. The van der Waals surface area contributed by atoms with Crippen LogP contribution < -0.4 is 0 Å². The molecule has 1 aromatic heterocycles. The van der Waals surface area contributed by atoms with Gasteiger partial charge in [-0.05, 0) is 18.1 Å². The maximum absolute atomic E-state index is 6.24. The number of benzene rings is 1. The first kappa shape index (κ1) is 11.9. The van der Waals surface area contributed by atoms with Crippen molar-refractivity contribution in [3.8, 4) is 0 Å². The number of hydrogen-bond acceptors (Lipinski definition) is 1. The van der Waals surface area contributed by atoms with E-state index in [1.807, 2.05) is 36.8 Å². The van der Waals surface area contributed by atoms with Crippen LogP contribution in [-0.2, 0) is 6.54 Å². The van der Waals surface area contributed by atoms with Crippen LogP contribution >= 0.6 is 11.6 Å². The largest absolute Gasteiger partial charge is 0.337 e. The highest BCUT2D eigenvalue weighted by molar-refractivity contribution is 6.31. The summed E-state index contributed by atoms with van der Waals surface area (Å²) in [5.74, 6) is 0.343. The van der Waals surface area contributed by atoms with Gasteiger partial charge in [-0.15, -0.1) is 6.58 Å². The summed E-state index contributed by atoms with van der Waals surface area (Å²) in [6.07, 6.45) is 8.42. The van der Waals surface area contributed by atoms with Gasteiger partial charge in [-0.3, -0.25) is 0 Å². The Balaban J connectivity index is 2.23. The van der Waals surface area contributed by atoms with Crippen LogP contribution in [0, 0.1) is 0 Å². The molecule has 0 radical (unpaired) electrons. The van der Waals surface area contributed by atoms with Crippen LogP contribution in [0.2, 0.25) is 5.02 Å². The minimum atomic E-state index is 0.343. The van der Waals surface area contributed by atoms with E-state index in [0.29, 0.717) is 5.92 Å². The van der Waals surface area contributed by atoms with E-state index in [-0.39, 0.29) is 0 Å². The average molecular weight is 247 g/mol. The molecule has 2 aromatic rings. The molecule has 17 heavy (non-hydrogen) atoms. The predicted octanol–water partition coefficient (Wildman–Crippen LogP) is 3.90. The molecule has 0 saturated carbocycles. The monoisotopic (exact) mass is 246 g/mol. The SMILES string of the molecule is C=CCC(Cn1ccnc1)c1ccccc1Cl. The van der Waals surface area contributed by atoms with Gasteiger partial charge in [-0.25, -0.2) is 4.98 Å². The van der Waals surface area contributed by atoms with Crippen LogP contribution in [0.25, 0.3) is 0 Å². The molecule has 0 aliphatic carbocycles. The van der Waals surface area contributed by atoms with Gasteiger partial charge in [-0.1, -0.05) is 35.9 Å². The molecule has 1 unspecified atom stereocenters. The van der Waals surface area contributed by atoms with Crippen molar-refractivity contribution >= 4 is 11.6 Å². The fourth-order valence-corrected chi connectivity index (χ4v) is 2.25. The van der Waals surface area contributed by atoms with Gasteiger partial charge in [0.1, 0.15) is 0 Å². The van der Waals surface area contributed by atoms with Crippen molar-refractivity contribution in [3.05, 3.63) is 66.2 Å². The number of rotatable bonds is 5. The zero-order valence-electron chi connectivity index (χ0n) is 9.59. The number of halogens is 1. The van der Waals surface area contributed by atoms with Gasteiger partial charge in [0.2, 0.25) is 0 Å². The number of aromatic nitrogens is 2. The van der Waals surface area contributed by atoms with Crippen molar-refractivity contribution < 1.29 is 0 Å². The molecular weight excluding hydrogens is 232 g/mol. The second kappa shape index (κ2) is 5.69. The minimum absolute atomic E-state index is 0.343. The van der Waals surface area contributed by atoms with Crippen molar-refractivity contribution in [1.82, 2.24) is 9.55 Å². The van der Waals surface area contributed by atoms with Crippen molar-refractivity contribution in [2.45, 2.75) is 18.9 Å². The molecule has 3 heteroatoms. The van der Waals surface area contributed by atoms with E-state index in [2.05, 4.69) is 22.2 Å². The van der Waals surface area contributed by atoms with Crippen LogP contribution in [0.15, 0.2) is 55.6 Å². The standard InChI is InChI=1S/C14H15ClN2/c1-2-5-12(10-17-9-8-16-11-17)13-6-3-4-7-14(13)15/h2-4,6-9,11-12H,1,5,10H2. The minimum Gasteiger partial charge on any atom is -0.337 e. The van der Waals surface area contributed by atoms with Crippen LogP contribution in [0.1, 0.15) is 17.9 Å². The zero-order chi connectivity index (χ0) is 12.1. The molecule has 1 atom stereocenters. The number of imidazole rings is 1. The Hall–Kier alpha value is -1.54. The fourth-order valence-electron chi connectivity index (χ4n) is 1.96. The smallest absolute Gasteiger partial charge is 0.0946 e. The first-order chi connectivity index (χ1) is 8.31. The van der Waals surface area contributed by atoms with Crippen LogP contribution in [-0.4, -0.2) is 9.55 Å². The van der Waals surface area contributed by atoms with Gasteiger partial charge in [0, 0.05) is 29.9 Å². The summed E-state index contributed by atoms with van der Waals surface area (Å²) in [6.45, 7) is 4.69. The van der Waals surface area contributed by atoms with Gasteiger partial charge in [0.15, 0.2) is 0 Å². The first-order valence-corrected chi connectivity index (χ1v) is 6.00. The summed E-state index contributed by atoms with van der Waals surface area (Å²) >= 11 is 6.24. The number of nitrogens with zero attached hydrogens (tertiary/aromatic N) is 2. The summed E-state index contributed by atoms with van der Waals surface area (Å²) in [7, 11) is 0. The molecular formula is C14H15ClN2. The van der Waals surface area contributed by atoms with Gasteiger partial charge >= 0.3 is 0 Å².